The first-order valence-electron chi connectivity index (χ1n) is 6.89. The molecule has 2 heterocycles. The summed E-state index contributed by atoms with van der Waals surface area (Å²) in [6.45, 7) is 2.05. The van der Waals surface area contributed by atoms with Gasteiger partial charge in [-0.2, -0.15) is 0 Å². The summed E-state index contributed by atoms with van der Waals surface area (Å²) in [4.78, 5) is 21.4. The Labute approximate surface area is 130 Å². The molecule has 21 heavy (non-hydrogen) atoms. The van der Waals surface area contributed by atoms with Gasteiger partial charge in [0.25, 0.3) is 0 Å². The third kappa shape index (κ3) is 5.08. The number of hydrogen-bond donors (Lipinski definition) is 1. The summed E-state index contributed by atoms with van der Waals surface area (Å²) in [5.74, 6) is 0.963. The number of fused-ring (bicyclic) bond motifs is 1. The van der Waals surface area contributed by atoms with Crippen LogP contribution in [-0.4, -0.2) is 57.5 Å². The molecule has 0 spiro atoms. The molecule has 0 aliphatic rings. The van der Waals surface area contributed by atoms with Gasteiger partial charge >= 0.3 is 0 Å². The maximum absolute atomic E-state index is 10.8. The van der Waals surface area contributed by atoms with Gasteiger partial charge in [-0.1, -0.05) is 0 Å². The van der Waals surface area contributed by atoms with Crippen LogP contribution in [0.5, 0.6) is 0 Å². The minimum Gasteiger partial charge on any atom is -0.360 e. The van der Waals surface area contributed by atoms with Crippen molar-refractivity contribution < 1.29 is 4.79 Å². The van der Waals surface area contributed by atoms with Crippen molar-refractivity contribution in [3.05, 3.63) is 23.1 Å². The average Bonchev–Trinajstić information content (AvgIpc) is 2.90. The topological polar surface area (TPSA) is 62.5 Å². The number of aromatic nitrogens is 1. The van der Waals surface area contributed by atoms with Crippen LogP contribution in [0.25, 0.3) is 10.2 Å². The molecule has 6 heteroatoms. The highest BCUT2D eigenvalue weighted by Crippen LogP contribution is 2.25. The summed E-state index contributed by atoms with van der Waals surface area (Å²) in [6, 6.07) is 5.93. The predicted molar refractivity (Wildman–Crippen MR) is 91.6 cm³/mol. The number of aldehydes is 1. The Morgan fingerprint density at radius 2 is 1.95 bits per heavy atom. The second kappa shape index (κ2) is 8.71. The van der Waals surface area contributed by atoms with E-state index < -0.39 is 0 Å². The lowest BCUT2D eigenvalue weighted by atomic mass is 10.3. The SMILES string of the molecule is CN.CN(C)CCCN(C)c1ccc2cc(C=O)sc2n1. The van der Waals surface area contributed by atoms with Gasteiger partial charge in [-0.05, 0) is 52.3 Å². The molecule has 2 aromatic heterocycles. The summed E-state index contributed by atoms with van der Waals surface area (Å²) >= 11 is 1.44. The van der Waals surface area contributed by atoms with E-state index in [1.54, 1.807) is 0 Å². The van der Waals surface area contributed by atoms with Crippen molar-refractivity contribution in [1.82, 2.24) is 9.88 Å². The predicted octanol–water partition coefficient (Wildman–Crippen LogP) is 2.07. The molecule has 0 aliphatic carbocycles. The second-order valence-corrected chi connectivity index (χ2v) is 5.97. The van der Waals surface area contributed by atoms with Crippen LogP contribution in [-0.2, 0) is 0 Å². The van der Waals surface area contributed by atoms with Crippen LogP contribution in [0.2, 0.25) is 0 Å². The Kier molecular flexibility index (Phi) is 7.28. The zero-order valence-corrected chi connectivity index (χ0v) is 14.0. The molecular formula is C15H24N4OS. The van der Waals surface area contributed by atoms with E-state index in [0.29, 0.717) is 0 Å². The molecule has 116 valence electrons. The summed E-state index contributed by atoms with van der Waals surface area (Å²) in [5, 5.41) is 1.04. The van der Waals surface area contributed by atoms with Gasteiger partial charge in [-0.15, -0.1) is 11.3 Å². The minimum absolute atomic E-state index is 0.731. The smallest absolute Gasteiger partial charge is 0.160 e. The molecule has 2 rings (SSSR count). The molecule has 0 radical (unpaired) electrons. The lowest BCUT2D eigenvalue weighted by molar-refractivity contribution is 0.112. The van der Waals surface area contributed by atoms with Gasteiger partial charge in [0, 0.05) is 19.0 Å². The normalized spacial score (nSPS) is 10.4. The Bertz CT molecular complexity index is 568. The van der Waals surface area contributed by atoms with Crippen molar-refractivity contribution in [1.29, 1.82) is 0 Å². The Morgan fingerprint density at radius 3 is 2.57 bits per heavy atom. The number of nitrogens with zero attached hydrogens (tertiary/aromatic N) is 3. The van der Waals surface area contributed by atoms with Gasteiger partial charge in [-0.3, -0.25) is 4.79 Å². The standard InChI is InChI=1S/C14H19N3OS.CH5N/c1-16(2)7-4-8-17(3)13-6-5-11-9-12(10-18)19-14(11)15-13;1-2/h5-6,9-10H,4,7-8H2,1-3H3;2H2,1H3. The lowest BCUT2D eigenvalue weighted by Crippen LogP contribution is -2.23. The molecule has 0 saturated heterocycles. The number of thiophene rings is 1. The molecule has 5 nitrogen and oxygen atoms in total. The van der Waals surface area contributed by atoms with Crippen LogP contribution in [0.3, 0.4) is 0 Å². The highest BCUT2D eigenvalue weighted by Gasteiger charge is 2.07. The highest BCUT2D eigenvalue weighted by molar-refractivity contribution is 7.20. The van der Waals surface area contributed by atoms with Crippen LogP contribution >= 0.6 is 11.3 Å². The van der Waals surface area contributed by atoms with Gasteiger partial charge in [0.2, 0.25) is 0 Å². The first-order valence-corrected chi connectivity index (χ1v) is 7.71. The first kappa shape index (κ1) is 17.6. The van der Waals surface area contributed by atoms with E-state index in [9.17, 15) is 4.79 Å². The van der Waals surface area contributed by atoms with Gasteiger partial charge in [0.15, 0.2) is 6.29 Å². The maximum atomic E-state index is 10.8. The summed E-state index contributed by atoms with van der Waals surface area (Å²) in [7, 11) is 7.71. The monoisotopic (exact) mass is 308 g/mol. The largest absolute Gasteiger partial charge is 0.360 e. The second-order valence-electron chi connectivity index (χ2n) is 4.91. The third-order valence-electron chi connectivity index (χ3n) is 2.99. The van der Waals surface area contributed by atoms with Crippen molar-refractivity contribution in [3.8, 4) is 0 Å². The van der Waals surface area contributed by atoms with Crippen molar-refractivity contribution in [2.75, 3.05) is 46.2 Å². The fourth-order valence-corrected chi connectivity index (χ4v) is 2.78. The lowest BCUT2D eigenvalue weighted by Gasteiger charge is -2.19. The molecule has 0 atom stereocenters. The zero-order chi connectivity index (χ0) is 15.8. The van der Waals surface area contributed by atoms with Crippen LogP contribution in [0.15, 0.2) is 18.2 Å². The summed E-state index contributed by atoms with van der Waals surface area (Å²) in [5.41, 5.74) is 4.50. The van der Waals surface area contributed by atoms with Crippen LogP contribution in [0.1, 0.15) is 16.1 Å². The average molecular weight is 308 g/mol. The van der Waals surface area contributed by atoms with Gasteiger partial charge in [0.1, 0.15) is 10.6 Å². The summed E-state index contributed by atoms with van der Waals surface area (Å²) < 4.78 is 0. The number of carbonyl (C=O) groups is 1. The van der Waals surface area contributed by atoms with Crippen LogP contribution < -0.4 is 10.6 Å². The van der Waals surface area contributed by atoms with Crippen molar-refractivity contribution in [2.24, 2.45) is 5.73 Å². The van der Waals surface area contributed by atoms with Crippen molar-refractivity contribution in [2.45, 2.75) is 6.42 Å². The van der Waals surface area contributed by atoms with Crippen molar-refractivity contribution in [3.63, 3.8) is 0 Å². The molecule has 0 aliphatic heterocycles. The van der Waals surface area contributed by atoms with Crippen molar-refractivity contribution >= 4 is 33.7 Å². The van der Waals surface area contributed by atoms with E-state index in [4.69, 9.17) is 0 Å². The molecule has 0 saturated carbocycles. The highest BCUT2D eigenvalue weighted by atomic mass is 32.1. The summed E-state index contributed by atoms with van der Waals surface area (Å²) in [6.07, 6.45) is 1.99. The van der Waals surface area contributed by atoms with Crippen LogP contribution in [0.4, 0.5) is 5.82 Å². The van der Waals surface area contributed by atoms with Gasteiger partial charge in [-0.25, -0.2) is 4.98 Å². The zero-order valence-electron chi connectivity index (χ0n) is 13.2. The molecule has 0 aromatic carbocycles. The van der Waals surface area contributed by atoms with E-state index >= 15 is 0 Å². The number of carbonyl (C=O) groups excluding carboxylic acids is 1. The Morgan fingerprint density at radius 1 is 1.24 bits per heavy atom. The number of nitrogens with two attached hydrogens (primary N) is 1. The van der Waals surface area contributed by atoms with E-state index in [-0.39, 0.29) is 0 Å². The Balaban J connectivity index is 0.00000106. The molecule has 0 amide bonds. The van der Waals surface area contributed by atoms with Crippen LogP contribution in [0, 0.1) is 0 Å². The number of anilines is 1. The van der Waals surface area contributed by atoms with Gasteiger partial charge in [0.05, 0.1) is 4.88 Å². The van der Waals surface area contributed by atoms with E-state index in [1.807, 2.05) is 18.2 Å². The fourth-order valence-electron chi connectivity index (χ4n) is 1.94. The first-order chi connectivity index (χ1) is 10.1. The molecule has 0 unspecified atom stereocenters. The fraction of sp³-hybridized carbons (Fsp3) is 0.467. The van der Waals surface area contributed by atoms with E-state index in [0.717, 1.165) is 46.7 Å². The molecule has 0 bridgehead atoms. The minimum atomic E-state index is 0.731. The number of hydrogen-bond acceptors (Lipinski definition) is 6. The maximum Gasteiger partial charge on any atom is 0.160 e. The number of pyridine rings is 1. The molecular weight excluding hydrogens is 284 g/mol. The van der Waals surface area contributed by atoms with E-state index in [2.05, 4.69) is 41.7 Å². The Hall–Kier alpha value is -1.50. The quantitative estimate of drug-likeness (QED) is 0.828. The molecule has 2 aromatic rings. The molecule has 2 N–H and O–H groups in total. The van der Waals surface area contributed by atoms with E-state index in [1.165, 1.54) is 18.4 Å². The third-order valence-corrected chi connectivity index (χ3v) is 3.96. The van der Waals surface area contributed by atoms with Gasteiger partial charge < -0.3 is 15.5 Å². The molecule has 0 fully saturated rings. The number of rotatable bonds is 6.